The van der Waals surface area contributed by atoms with Crippen LogP contribution in [-0.2, 0) is 16.2 Å². The lowest BCUT2D eigenvalue weighted by atomic mass is 9.91. The van der Waals surface area contributed by atoms with Gasteiger partial charge in [0, 0.05) is 21.9 Å². The molecule has 3 heterocycles. The van der Waals surface area contributed by atoms with Crippen LogP contribution in [0.1, 0.15) is 156 Å². The van der Waals surface area contributed by atoms with E-state index in [4.69, 9.17) is 24.8 Å². The number of nitrogens with zero attached hydrogens (tertiary/aromatic N) is 6. The number of aromatic nitrogens is 6. The summed E-state index contributed by atoms with van der Waals surface area (Å²) in [5.41, 5.74) is 5.47. The van der Waals surface area contributed by atoms with Gasteiger partial charge >= 0.3 is 7.25 Å². The van der Waals surface area contributed by atoms with Crippen molar-refractivity contribution in [2.45, 2.75) is 138 Å². The van der Waals surface area contributed by atoms with Crippen molar-refractivity contribution in [1.82, 2.24) is 29.6 Å². The van der Waals surface area contributed by atoms with Gasteiger partial charge in [0.2, 0.25) is 0 Å². The molecule has 3 aromatic rings. The van der Waals surface area contributed by atoms with Crippen LogP contribution in [0.3, 0.4) is 0 Å². The van der Waals surface area contributed by atoms with Crippen LogP contribution in [0.15, 0.2) is 18.2 Å². The van der Waals surface area contributed by atoms with Gasteiger partial charge in [-0.2, -0.15) is 5.10 Å². The molecule has 0 spiro atoms. The first-order valence-corrected chi connectivity index (χ1v) is 14.3. The SMILES string of the molecule is CC(C)c1cc(C(C)(C)C)nn1OB(On1nc(C(C)(C)C)cc1C(C)C)n1nc(C(C)(C)C)cc1C(C)C. The average molecular weight is 539 g/mol. The molecule has 0 amide bonds. The molecule has 9 heteroatoms. The molecule has 0 radical (unpaired) electrons. The maximum absolute atomic E-state index is 6.64. The van der Waals surface area contributed by atoms with Gasteiger partial charge in [-0.25, -0.2) is 4.59 Å². The van der Waals surface area contributed by atoms with E-state index < -0.39 is 7.25 Å². The van der Waals surface area contributed by atoms with Crippen LogP contribution in [0.2, 0.25) is 0 Å². The molecule has 0 atom stereocenters. The maximum atomic E-state index is 6.64. The summed E-state index contributed by atoms with van der Waals surface area (Å²) >= 11 is 0. The van der Waals surface area contributed by atoms with Crippen molar-refractivity contribution in [2.75, 3.05) is 0 Å². The first-order chi connectivity index (χ1) is 17.7. The highest BCUT2D eigenvalue weighted by atomic mass is 16.8. The quantitative estimate of drug-likeness (QED) is 0.301. The largest absolute Gasteiger partial charge is 0.803 e. The van der Waals surface area contributed by atoms with Gasteiger partial charge in [0.15, 0.2) is 0 Å². The highest BCUT2D eigenvalue weighted by Crippen LogP contribution is 2.28. The fraction of sp³-hybridized carbons (Fsp3) is 0.700. The zero-order valence-electron chi connectivity index (χ0n) is 27.0. The van der Waals surface area contributed by atoms with Crippen LogP contribution >= 0.6 is 0 Å². The van der Waals surface area contributed by atoms with Crippen LogP contribution in [0, 0.1) is 0 Å². The van der Waals surface area contributed by atoms with Crippen molar-refractivity contribution in [3.8, 4) is 0 Å². The van der Waals surface area contributed by atoms with E-state index in [0.29, 0.717) is 0 Å². The number of hydrogen-bond donors (Lipinski definition) is 0. The summed E-state index contributed by atoms with van der Waals surface area (Å²) in [7, 11) is -0.936. The zero-order valence-corrected chi connectivity index (χ0v) is 27.0. The highest BCUT2D eigenvalue weighted by molar-refractivity contribution is 6.42. The van der Waals surface area contributed by atoms with Gasteiger partial charge in [-0.15, -0.1) is 19.9 Å². The summed E-state index contributed by atoms with van der Waals surface area (Å²) in [6.45, 7) is 32.3. The molecule has 8 nitrogen and oxygen atoms in total. The molecule has 0 aliphatic heterocycles. The van der Waals surface area contributed by atoms with E-state index in [2.05, 4.69) is 122 Å². The van der Waals surface area contributed by atoms with E-state index >= 15 is 0 Å². The van der Waals surface area contributed by atoms with Gasteiger partial charge in [-0.1, -0.05) is 104 Å². The smallest absolute Gasteiger partial charge is 0.397 e. The average Bonchev–Trinajstić information content (AvgIpc) is 3.48. The zero-order chi connectivity index (χ0) is 29.7. The maximum Gasteiger partial charge on any atom is 0.803 e. The normalized spacial score (nSPS) is 13.2. The monoisotopic (exact) mass is 538 g/mol. The molecule has 216 valence electrons. The summed E-state index contributed by atoms with van der Waals surface area (Å²) < 4.78 is 15.1. The second-order valence-electron chi connectivity index (χ2n) is 14.8. The van der Waals surface area contributed by atoms with Gasteiger partial charge in [0.25, 0.3) is 0 Å². The third-order valence-corrected chi connectivity index (χ3v) is 6.83. The van der Waals surface area contributed by atoms with Gasteiger partial charge in [0.05, 0.1) is 28.5 Å². The minimum absolute atomic E-state index is 0.128. The lowest BCUT2D eigenvalue weighted by Gasteiger charge is -2.21. The molecule has 0 aliphatic carbocycles. The molecule has 0 bridgehead atoms. The molecule has 0 fully saturated rings. The Labute approximate surface area is 236 Å². The third kappa shape index (κ3) is 6.90. The Morgan fingerprint density at radius 1 is 0.538 bits per heavy atom. The highest BCUT2D eigenvalue weighted by Gasteiger charge is 2.39. The minimum Gasteiger partial charge on any atom is -0.397 e. The topological polar surface area (TPSA) is 71.9 Å². The van der Waals surface area contributed by atoms with E-state index in [-0.39, 0.29) is 34.0 Å². The lowest BCUT2D eigenvalue weighted by Crippen LogP contribution is -2.49. The van der Waals surface area contributed by atoms with Crippen molar-refractivity contribution >= 4 is 7.25 Å². The summed E-state index contributed by atoms with van der Waals surface area (Å²) in [6.07, 6.45) is 0. The van der Waals surface area contributed by atoms with E-state index in [0.717, 1.165) is 34.2 Å². The summed E-state index contributed by atoms with van der Waals surface area (Å²) in [5, 5.41) is 14.8. The van der Waals surface area contributed by atoms with Crippen LogP contribution in [-0.4, -0.2) is 36.8 Å². The fourth-order valence-corrected chi connectivity index (χ4v) is 4.09. The van der Waals surface area contributed by atoms with Crippen molar-refractivity contribution in [2.24, 2.45) is 0 Å². The molecule has 3 aromatic heterocycles. The summed E-state index contributed by atoms with van der Waals surface area (Å²) in [6, 6.07) is 6.41. The molecule has 3 rings (SSSR count). The Hall–Kier alpha value is -2.71. The van der Waals surface area contributed by atoms with Gasteiger partial charge in [-0.05, 0) is 36.0 Å². The molecule has 0 aliphatic rings. The lowest BCUT2D eigenvalue weighted by molar-refractivity contribution is 0.109. The van der Waals surface area contributed by atoms with Crippen molar-refractivity contribution in [1.29, 1.82) is 0 Å². The molecule has 0 saturated heterocycles. The molecule has 0 saturated carbocycles. The first-order valence-electron chi connectivity index (χ1n) is 14.3. The van der Waals surface area contributed by atoms with Crippen molar-refractivity contribution < 1.29 is 9.51 Å². The standard InChI is InChI=1S/C30H51BN6O2/c1-19(2)22-16-25(28(7,8)9)32-35(22)31(38-36-23(20(3)4)17-26(33-36)29(10,11)12)39-37-24(21(5)6)18-27(34-37)30(13,14)15/h16-21H,1-15H3. The predicted octanol–water partition coefficient (Wildman–Crippen LogP) is 6.63. The molecule has 0 unspecified atom stereocenters. The Morgan fingerprint density at radius 2 is 0.846 bits per heavy atom. The van der Waals surface area contributed by atoms with Crippen molar-refractivity contribution in [3.05, 3.63) is 52.4 Å². The van der Waals surface area contributed by atoms with E-state index in [1.807, 2.05) is 4.59 Å². The molecule has 0 aromatic carbocycles. The minimum atomic E-state index is -0.936. The second-order valence-corrected chi connectivity index (χ2v) is 14.8. The molecule has 0 N–H and O–H groups in total. The summed E-state index contributed by atoms with van der Waals surface area (Å²) in [4.78, 5) is 3.25. The summed E-state index contributed by atoms with van der Waals surface area (Å²) in [5.74, 6) is 0.595. The Kier molecular flexibility index (Phi) is 8.46. The fourth-order valence-electron chi connectivity index (χ4n) is 4.09. The third-order valence-electron chi connectivity index (χ3n) is 6.83. The van der Waals surface area contributed by atoms with Crippen LogP contribution < -0.4 is 9.51 Å². The van der Waals surface area contributed by atoms with Gasteiger partial charge < -0.3 is 9.51 Å². The molecule has 39 heavy (non-hydrogen) atoms. The van der Waals surface area contributed by atoms with Crippen LogP contribution in [0.5, 0.6) is 0 Å². The van der Waals surface area contributed by atoms with Gasteiger partial charge in [0.1, 0.15) is 0 Å². The Bertz CT molecular complexity index is 1200. The number of rotatable bonds is 8. The van der Waals surface area contributed by atoms with E-state index in [9.17, 15) is 0 Å². The van der Waals surface area contributed by atoms with E-state index in [1.54, 1.807) is 9.69 Å². The van der Waals surface area contributed by atoms with Gasteiger partial charge in [-0.3, -0.25) is 0 Å². The first kappa shape index (κ1) is 30.8. The Morgan fingerprint density at radius 3 is 1.15 bits per heavy atom. The predicted molar refractivity (Wildman–Crippen MR) is 159 cm³/mol. The van der Waals surface area contributed by atoms with E-state index in [1.165, 1.54) is 0 Å². The van der Waals surface area contributed by atoms with Crippen molar-refractivity contribution in [3.63, 3.8) is 0 Å². The number of hydrogen-bond acceptors (Lipinski definition) is 5. The second kappa shape index (κ2) is 10.7. The Balaban J connectivity index is 2.22. The van der Waals surface area contributed by atoms with Crippen LogP contribution in [0.4, 0.5) is 0 Å². The molecular formula is C30H51BN6O2. The molecular weight excluding hydrogens is 487 g/mol. The van der Waals surface area contributed by atoms with Crippen LogP contribution in [0.25, 0.3) is 0 Å².